The van der Waals surface area contributed by atoms with Gasteiger partial charge in [0.25, 0.3) is 0 Å². The first-order chi connectivity index (χ1) is 11.0. The molecule has 1 amide bonds. The first-order valence-electron chi connectivity index (χ1n) is 8.31. The van der Waals surface area contributed by atoms with Crippen LogP contribution in [0.15, 0.2) is 24.3 Å². The Labute approximate surface area is 138 Å². The minimum absolute atomic E-state index is 0.124. The van der Waals surface area contributed by atoms with Gasteiger partial charge in [-0.3, -0.25) is 4.79 Å². The summed E-state index contributed by atoms with van der Waals surface area (Å²) in [5, 5.41) is 0. The molecule has 122 valence electrons. The Morgan fingerprint density at radius 3 is 2.65 bits per heavy atom. The number of aryl methyl sites for hydroxylation is 2. The van der Waals surface area contributed by atoms with Gasteiger partial charge in [-0.1, -0.05) is 36.8 Å². The molecular weight excluding hydrogens is 286 g/mol. The van der Waals surface area contributed by atoms with E-state index in [1.807, 2.05) is 14.1 Å². The maximum Gasteiger partial charge on any atom is 0.228 e. The van der Waals surface area contributed by atoms with Crippen LogP contribution in [0, 0.1) is 12.8 Å². The Bertz CT molecular complexity index is 713. The maximum atomic E-state index is 12.3. The van der Waals surface area contributed by atoms with Crippen LogP contribution in [0.25, 0.3) is 11.3 Å². The van der Waals surface area contributed by atoms with Crippen molar-refractivity contribution in [1.29, 1.82) is 0 Å². The lowest BCUT2D eigenvalue weighted by atomic mass is 10.0. The van der Waals surface area contributed by atoms with Gasteiger partial charge in [0.15, 0.2) is 0 Å². The molecule has 1 aromatic carbocycles. The van der Waals surface area contributed by atoms with E-state index in [0.717, 1.165) is 35.7 Å². The quantitative estimate of drug-likeness (QED) is 0.874. The number of hydrogen-bond acceptors (Lipinski definition) is 2. The fraction of sp³-hybridized carbons (Fsp3) is 0.474. The average Bonchev–Trinajstić information content (AvgIpc) is 2.86. The molecule has 2 heterocycles. The van der Waals surface area contributed by atoms with Crippen molar-refractivity contribution in [3.05, 3.63) is 41.3 Å². The zero-order valence-corrected chi connectivity index (χ0v) is 14.5. The summed E-state index contributed by atoms with van der Waals surface area (Å²) in [6.45, 7) is 5.32. The molecule has 0 saturated heterocycles. The van der Waals surface area contributed by atoms with Gasteiger partial charge in [0.1, 0.15) is 5.82 Å². The van der Waals surface area contributed by atoms with Crippen molar-refractivity contribution in [2.75, 3.05) is 14.1 Å². The van der Waals surface area contributed by atoms with Gasteiger partial charge < -0.3 is 9.47 Å². The lowest BCUT2D eigenvalue weighted by Crippen LogP contribution is -2.26. The van der Waals surface area contributed by atoms with Crippen molar-refractivity contribution in [3.63, 3.8) is 0 Å². The third-order valence-corrected chi connectivity index (χ3v) is 4.65. The second-order valence-electron chi connectivity index (χ2n) is 6.91. The van der Waals surface area contributed by atoms with Gasteiger partial charge in [-0.25, -0.2) is 4.98 Å². The molecule has 1 aliphatic heterocycles. The molecule has 2 aromatic rings. The molecule has 0 radical (unpaired) electrons. The SMILES string of the molecule is Cc1ccc(-c2nc3n(c2CC(=O)N(C)C)CC(C)CC3)cc1. The van der Waals surface area contributed by atoms with Crippen molar-refractivity contribution in [3.8, 4) is 11.3 Å². The number of amides is 1. The molecule has 0 N–H and O–H groups in total. The fourth-order valence-corrected chi connectivity index (χ4v) is 3.15. The molecule has 0 spiro atoms. The lowest BCUT2D eigenvalue weighted by molar-refractivity contribution is -0.128. The smallest absolute Gasteiger partial charge is 0.228 e. The van der Waals surface area contributed by atoms with E-state index >= 15 is 0 Å². The first kappa shape index (κ1) is 15.8. The zero-order valence-electron chi connectivity index (χ0n) is 14.5. The first-order valence-corrected chi connectivity index (χ1v) is 8.31. The standard InChI is InChI=1S/C19H25N3O/c1-13-5-8-15(9-6-13)19-16(11-18(23)21(3)4)22-12-14(2)7-10-17(22)20-19/h5-6,8-9,14H,7,10-12H2,1-4H3. The van der Waals surface area contributed by atoms with E-state index in [-0.39, 0.29) is 5.91 Å². The predicted molar refractivity (Wildman–Crippen MR) is 92.3 cm³/mol. The largest absolute Gasteiger partial charge is 0.348 e. The van der Waals surface area contributed by atoms with Crippen LogP contribution in [0.1, 0.15) is 30.4 Å². The van der Waals surface area contributed by atoms with Crippen LogP contribution in [-0.2, 0) is 24.2 Å². The van der Waals surface area contributed by atoms with Crippen LogP contribution < -0.4 is 0 Å². The van der Waals surface area contributed by atoms with Crippen molar-refractivity contribution in [1.82, 2.24) is 14.5 Å². The van der Waals surface area contributed by atoms with Crippen molar-refractivity contribution in [2.24, 2.45) is 5.92 Å². The lowest BCUT2D eigenvalue weighted by Gasteiger charge is -2.22. The van der Waals surface area contributed by atoms with E-state index in [4.69, 9.17) is 4.98 Å². The number of carbonyl (C=O) groups is 1. The van der Waals surface area contributed by atoms with Crippen LogP contribution in [0.2, 0.25) is 0 Å². The molecule has 0 saturated carbocycles. The van der Waals surface area contributed by atoms with E-state index in [2.05, 4.69) is 42.7 Å². The summed E-state index contributed by atoms with van der Waals surface area (Å²) in [7, 11) is 3.62. The van der Waals surface area contributed by atoms with E-state index in [9.17, 15) is 4.79 Å². The number of nitrogens with zero attached hydrogens (tertiary/aromatic N) is 3. The summed E-state index contributed by atoms with van der Waals surface area (Å²) >= 11 is 0. The molecule has 1 unspecified atom stereocenters. The summed E-state index contributed by atoms with van der Waals surface area (Å²) in [6.07, 6.45) is 2.58. The Balaban J connectivity index is 2.07. The number of imidazole rings is 1. The van der Waals surface area contributed by atoms with E-state index in [1.165, 1.54) is 12.0 Å². The Kier molecular flexibility index (Phi) is 4.24. The predicted octanol–water partition coefficient (Wildman–Crippen LogP) is 3.07. The highest BCUT2D eigenvalue weighted by molar-refractivity contribution is 5.80. The number of fused-ring (bicyclic) bond motifs is 1. The summed E-state index contributed by atoms with van der Waals surface area (Å²) < 4.78 is 2.28. The van der Waals surface area contributed by atoms with Gasteiger partial charge in [-0.05, 0) is 19.3 Å². The van der Waals surface area contributed by atoms with Crippen molar-refractivity contribution in [2.45, 2.75) is 39.7 Å². The highest BCUT2D eigenvalue weighted by Crippen LogP contribution is 2.30. The molecule has 1 aromatic heterocycles. The van der Waals surface area contributed by atoms with Crippen molar-refractivity contribution >= 4 is 5.91 Å². The minimum Gasteiger partial charge on any atom is -0.348 e. The normalized spacial score (nSPS) is 17.0. The summed E-state index contributed by atoms with van der Waals surface area (Å²) in [6, 6.07) is 8.43. The number of hydrogen-bond donors (Lipinski definition) is 0. The van der Waals surface area contributed by atoms with E-state index in [1.54, 1.807) is 4.90 Å². The summed E-state index contributed by atoms with van der Waals surface area (Å²) in [5.74, 6) is 1.88. The minimum atomic E-state index is 0.124. The van der Waals surface area contributed by atoms with Gasteiger partial charge in [0.05, 0.1) is 17.8 Å². The van der Waals surface area contributed by atoms with Gasteiger partial charge in [-0.2, -0.15) is 0 Å². The van der Waals surface area contributed by atoms with Crippen molar-refractivity contribution < 1.29 is 4.79 Å². The topological polar surface area (TPSA) is 38.1 Å². The molecule has 0 bridgehead atoms. The Morgan fingerprint density at radius 2 is 2.00 bits per heavy atom. The van der Waals surface area contributed by atoms with Crippen LogP contribution in [0.5, 0.6) is 0 Å². The molecule has 23 heavy (non-hydrogen) atoms. The third-order valence-electron chi connectivity index (χ3n) is 4.65. The molecule has 1 aliphatic rings. The van der Waals surface area contributed by atoms with Gasteiger partial charge in [-0.15, -0.1) is 0 Å². The second kappa shape index (κ2) is 6.19. The van der Waals surface area contributed by atoms with Gasteiger partial charge in [0, 0.05) is 32.6 Å². The zero-order chi connectivity index (χ0) is 16.6. The van der Waals surface area contributed by atoms with Crippen LogP contribution >= 0.6 is 0 Å². The van der Waals surface area contributed by atoms with Crippen LogP contribution in [0.4, 0.5) is 0 Å². The molecule has 0 aliphatic carbocycles. The monoisotopic (exact) mass is 311 g/mol. The van der Waals surface area contributed by atoms with Crippen LogP contribution in [0.3, 0.4) is 0 Å². The summed E-state index contributed by atoms with van der Waals surface area (Å²) in [4.78, 5) is 18.8. The Morgan fingerprint density at radius 1 is 1.30 bits per heavy atom. The summed E-state index contributed by atoms with van der Waals surface area (Å²) in [5.41, 5.74) is 4.38. The number of aromatic nitrogens is 2. The highest BCUT2D eigenvalue weighted by Gasteiger charge is 2.25. The fourth-order valence-electron chi connectivity index (χ4n) is 3.15. The maximum absolute atomic E-state index is 12.3. The van der Waals surface area contributed by atoms with Gasteiger partial charge >= 0.3 is 0 Å². The molecule has 0 fully saturated rings. The molecule has 3 rings (SSSR count). The van der Waals surface area contributed by atoms with Gasteiger partial charge in [0.2, 0.25) is 5.91 Å². The number of rotatable bonds is 3. The number of carbonyl (C=O) groups excluding carboxylic acids is 1. The molecular formula is C19H25N3O. The van der Waals surface area contributed by atoms with Crippen LogP contribution in [-0.4, -0.2) is 34.5 Å². The second-order valence-corrected chi connectivity index (χ2v) is 6.91. The molecule has 1 atom stereocenters. The number of benzene rings is 1. The van der Waals surface area contributed by atoms with E-state index < -0.39 is 0 Å². The Hall–Kier alpha value is -2.10. The molecule has 4 nitrogen and oxygen atoms in total. The molecule has 4 heteroatoms. The average molecular weight is 311 g/mol. The number of likely N-dealkylation sites (N-methyl/N-ethyl adjacent to an activating group) is 1. The third kappa shape index (κ3) is 3.16. The van der Waals surface area contributed by atoms with E-state index in [0.29, 0.717) is 12.3 Å². The highest BCUT2D eigenvalue weighted by atomic mass is 16.2.